The molecule has 4 nitrogen and oxygen atoms in total. The van der Waals surface area contributed by atoms with Gasteiger partial charge in [0.25, 0.3) is 0 Å². The number of nitrogens with zero attached hydrogens (tertiary/aromatic N) is 3. The first-order chi connectivity index (χ1) is 7.61. The van der Waals surface area contributed by atoms with Gasteiger partial charge >= 0.3 is 0 Å². The van der Waals surface area contributed by atoms with Gasteiger partial charge in [-0.2, -0.15) is 5.10 Å². The molecular weight excluding hydrogens is 200 g/mol. The maximum atomic E-state index is 5.65. The molecule has 2 N–H and O–H groups in total. The highest BCUT2D eigenvalue weighted by atomic mass is 15.4. The van der Waals surface area contributed by atoms with Gasteiger partial charge in [0, 0.05) is 25.3 Å². The Bertz CT molecular complexity index is 339. The lowest BCUT2D eigenvalue weighted by Crippen LogP contribution is -2.50. The molecule has 0 spiro atoms. The van der Waals surface area contributed by atoms with Gasteiger partial charge < -0.3 is 5.73 Å². The monoisotopic (exact) mass is 222 g/mol. The van der Waals surface area contributed by atoms with Crippen molar-refractivity contribution in [1.82, 2.24) is 14.7 Å². The minimum Gasteiger partial charge on any atom is -0.330 e. The normalized spacial score (nSPS) is 20.1. The first kappa shape index (κ1) is 11.6. The van der Waals surface area contributed by atoms with Crippen LogP contribution in [0.2, 0.25) is 0 Å². The summed E-state index contributed by atoms with van der Waals surface area (Å²) in [6, 6.07) is 1.20. The maximum Gasteiger partial charge on any atom is 0.0773 e. The van der Waals surface area contributed by atoms with Crippen molar-refractivity contribution < 1.29 is 0 Å². The highest BCUT2D eigenvalue weighted by Gasteiger charge is 2.30. The summed E-state index contributed by atoms with van der Waals surface area (Å²) >= 11 is 0. The van der Waals surface area contributed by atoms with E-state index in [1.807, 2.05) is 6.20 Å². The summed E-state index contributed by atoms with van der Waals surface area (Å²) in [6.07, 6.45) is 4.11. The van der Waals surface area contributed by atoms with Crippen LogP contribution in [-0.4, -0.2) is 40.4 Å². The standard InChI is InChI=1S/C12H22N4/c1-9(2)15-7-12(8-15)16-6-11(5-14-16)10(3)4-13/h5-6,9-10,12H,4,7-8,13H2,1-3H3. The Labute approximate surface area is 97.4 Å². The fourth-order valence-corrected chi connectivity index (χ4v) is 2.02. The van der Waals surface area contributed by atoms with E-state index in [1.165, 1.54) is 5.56 Å². The van der Waals surface area contributed by atoms with E-state index < -0.39 is 0 Å². The molecule has 0 bridgehead atoms. The summed E-state index contributed by atoms with van der Waals surface area (Å²) < 4.78 is 2.10. The van der Waals surface area contributed by atoms with Crippen LogP contribution in [0.4, 0.5) is 0 Å². The van der Waals surface area contributed by atoms with Gasteiger partial charge in [-0.1, -0.05) is 6.92 Å². The summed E-state index contributed by atoms with van der Waals surface area (Å²) in [5, 5.41) is 4.44. The van der Waals surface area contributed by atoms with Crippen LogP contribution >= 0.6 is 0 Å². The van der Waals surface area contributed by atoms with Crippen molar-refractivity contribution in [3.8, 4) is 0 Å². The van der Waals surface area contributed by atoms with Gasteiger partial charge in [0.2, 0.25) is 0 Å². The van der Waals surface area contributed by atoms with Gasteiger partial charge in [0.15, 0.2) is 0 Å². The Hall–Kier alpha value is -0.870. The largest absolute Gasteiger partial charge is 0.330 e. The van der Waals surface area contributed by atoms with E-state index in [0.29, 0.717) is 24.5 Å². The molecule has 16 heavy (non-hydrogen) atoms. The molecule has 1 fully saturated rings. The lowest BCUT2D eigenvalue weighted by atomic mass is 10.1. The number of rotatable bonds is 4. The van der Waals surface area contributed by atoms with Crippen LogP contribution < -0.4 is 5.73 Å². The van der Waals surface area contributed by atoms with Gasteiger partial charge in [0.1, 0.15) is 0 Å². The van der Waals surface area contributed by atoms with Gasteiger partial charge in [0.05, 0.1) is 12.2 Å². The first-order valence-electron chi connectivity index (χ1n) is 6.10. The Balaban J connectivity index is 1.94. The zero-order valence-corrected chi connectivity index (χ0v) is 10.4. The number of nitrogens with two attached hydrogens (primary N) is 1. The predicted octanol–water partition coefficient (Wildman–Crippen LogP) is 1.21. The highest BCUT2D eigenvalue weighted by Crippen LogP contribution is 2.24. The molecular formula is C12H22N4. The third-order valence-corrected chi connectivity index (χ3v) is 3.54. The van der Waals surface area contributed by atoms with Crippen LogP contribution in [0.25, 0.3) is 0 Å². The van der Waals surface area contributed by atoms with Crippen LogP contribution in [0.1, 0.15) is 38.3 Å². The zero-order chi connectivity index (χ0) is 11.7. The lowest BCUT2D eigenvalue weighted by molar-refractivity contribution is 0.0674. The van der Waals surface area contributed by atoms with Gasteiger partial charge in [-0.15, -0.1) is 0 Å². The molecule has 0 aromatic carbocycles. The van der Waals surface area contributed by atoms with Crippen molar-refractivity contribution in [1.29, 1.82) is 0 Å². The molecule has 0 aliphatic carbocycles. The van der Waals surface area contributed by atoms with E-state index in [0.717, 1.165) is 13.1 Å². The van der Waals surface area contributed by atoms with E-state index in [9.17, 15) is 0 Å². The Morgan fingerprint density at radius 2 is 2.12 bits per heavy atom. The van der Waals surface area contributed by atoms with Crippen LogP contribution in [0.15, 0.2) is 12.4 Å². The second-order valence-corrected chi connectivity index (χ2v) is 5.09. The summed E-state index contributed by atoms with van der Waals surface area (Å²) in [7, 11) is 0. The first-order valence-corrected chi connectivity index (χ1v) is 6.10. The van der Waals surface area contributed by atoms with Crippen molar-refractivity contribution in [2.45, 2.75) is 38.8 Å². The smallest absolute Gasteiger partial charge is 0.0773 e. The SMILES string of the molecule is CC(CN)c1cnn(C2CN(C(C)C)C2)c1. The van der Waals surface area contributed by atoms with Crippen molar-refractivity contribution >= 4 is 0 Å². The van der Waals surface area contributed by atoms with Crippen molar-refractivity contribution in [2.24, 2.45) is 5.73 Å². The lowest BCUT2D eigenvalue weighted by Gasteiger charge is -2.41. The molecule has 0 saturated carbocycles. The third kappa shape index (κ3) is 2.13. The van der Waals surface area contributed by atoms with Crippen LogP contribution in [0, 0.1) is 0 Å². The summed E-state index contributed by atoms with van der Waals surface area (Å²) in [5.41, 5.74) is 6.91. The average molecular weight is 222 g/mol. The second-order valence-electron chi connectivity index (χ2n) is 5.09. The molecule has 1 atom stereocenters. The quantitative estimate of drug-likeness (QED) is 0.833. The van der Waals surface area contributed by atoms with E-state index in [2.05, 4.69) is 41.6 Å². The molecule has 1 unspecified atom stereocenters. The van der Waals surface area contributed by atoms with Crippen molar-refractivity contribution in [3.63, 3.8) is 0 Å². The molecule has 2 heterocycles. The number of likely N-dealkylation sites (tertiary alicyclic amines) is 1. The molecule has 1 aromatic heterocycles. The Morgan fingerprint density at radius 3 is 2.69 bits per heavy atom. The molecule has 1 aliphatic rings. The van der Waals surface area contributed by atoms with Crippen molar-refractivity contribution in [3.05, 3.63) is 18.0 Å². The third-order valence-electron chi connectivity index (χ3n) is 3.54. The summed E-state index contributed by atoms with van der Waals surface area (Å²) in [6.45, 7) is 9.55. The fourth-order valence-electron chi connectivity index (χ4n) is 2.02. The highest BCUT2D eigenvalue weighted by molar-refractivity contribution is 5.11. The molecule has 1 aliphatic heterocycles. The average Bonchev–Trinajstić information content (AvgIpc) is 2.63. The van der Waals surface area contributed by atoms with E-state index >= 15 is 0 Å². The summed E-state index contributed by atoms with van der Waals surface area (Å²) in [5.74, 6) is 0.412. The molecule has 0 amide bonds. The van der Waals surface area contributed by atoms with E-state index in [-0.39, 0.29) is 0 Å². The van der Waals surface area contributed by atoms with Gasteiger partial charge in [-0.25, -0.2) is 0 Å². The number of hydrogen-bond donors (Lipinski definition) is 1. The van der Waals surface area contributed by atoms with Gasteiger partial charge in [-0.05, 0) is 31.9 Å². The van der Waals surface area contributed by atoms with Gasteiger partial charge in [-0.3, -0.25) is 9.58 Å². The minimum atomic E-state index is 0.412. The topological polar surface area (TPSA) is 47.1 Å². The molecule has 0 radical (unpaired) electrons. The molecule has 2 rings (SSSR count). The second kappa shape index (κ2) is 4.55. The van der Waals surface area contributed by atoms with Crippen molar-refractivity contribution in [2.75, 3.05) is 19.6 Å². The Kier molecular flexibility index (Phi) is 3.30. The van der Waals surface area contributed by atoms with E-state index in [4.69, 9.17) is 5.73 Å². The van der Waals surface area contributed by atoms with Crippen LogP contribution in [0.5, 0.6) is 0 Å². The number of aromatic nitrogens is 2. The minimum absolute atomic E-state index is 0.412. The van der Waals surface area contributed by atoms with E-state index in [1.54, 1.807) is 0 Å². The fraction of sp³-hybridized carbons (Fsp3) is 0.750. The molecule has 1 aromatic rings. The molecule has 4 heteroatoms. The van der Waals surface area contributed by atoms with Crippen LogP contribution in [0.3, 0.4) is 0 Å². The van der Waals surface area contributed by atoms with Crippen LogP contribution in [-0.2, 0) is 0 Å². The zero-order valence-electron chi connectivity index (χ0n) is 10.4. The molecule has 1 saturated heterocycles. The predicted molar refractivity (Wildman–Crippen MR) is 65.4 cm³/mol. The molecule has 90 valence electrons. The number of hydrogen-bond acceptors (Lipinski definition) is 3. The Morgan fingerprint density at radius 1 is 1.44 bits per heavy atom. The summed E-state index contributed by atoms with van der Waals surface area (Å²) in [4.78, 5) is 2.46. The maximum absolute atomic E-state index is 5.65.